The minimum absolute atomic E-state index is 0.0256. The van der Waals surface area contributed by atoms with Crippen LogP contribution in [0.5, 0.6) is 0 Å². The summed E-state index contributed by atoms with van der Waals surface area (Å²) in [6.45, 7) is 4.29. The van der Waals surface area contributed by atoms with Crippen LogP contribution in [0.4, 0.5) is 11.4 Å². The van der Waals surface area contributed by atoms with Crippen molar-refractivity contribution in [2.24, 2.45) is 4.99 Å². The number of fused-ring (bicyclic) bond motifs is 1. The summed E-state index contributed by atoms with van der Waals surface area (Å²) in [5.41, 5.74) is 3.50. The largest absolute Gasteiger partial charge is 0.373 e. The van der Waals surface area contributed by atoms with Crippen LogP contribution >= 0.6 is 11.3 Å². The van der Waals surface area contributed by atoms with Crippen molar-refractivity contribution in [3.8, 4) is 0 Å². The van der Waals surface area contributed by atoms with E-state index in [1.165, 1.54) is 11.3 Å². The van der Waals surface area contributed by atoms with Crippen LogP contribution in [0.15, 0.2) is 78.2 Å². The van der Waals surface area contributed by atoms with Crippen LogP contribution in [0.1, 0.15) is 46.6 Å². The molecule has 0 fully saturated rings. The van der Waals surface area contributed by atoms with Gasteiger partial charge in [0.15, 0.2) is 0 Å². The zero-order valence-corrected chi connectivity index (χ0v) is 20.8. The second kappa shape index (κ2) is 9.46. The lowest BCUT2D eigenvalue weighted by Gasteiger charge is -2.43. The number of likely N-dealkylation sites (N-methyl/N-ethyl adjacent to an activating group) is 1. The van der Waals surface area contributed by atoms with Gasteiger partial charge in [0.1, 0.15) is 9.88 Å². The summed E-state index contributed by atoms with van der Waals surface area (Å²) in [6.07, 6.45) is 5.94. The molecule has 2 aromatic carbocycles. The number of rotatable bonds is 4. The number of thiazole rings is 1. The third kappa shape index (κ3) is 4.37. The Labute approximate surface area is 209 Å². The number of para-hydroxylation sites is 2. The Balaban J connectivity index is 1.49. The van der Waals surface area contributed by atoms with E-state index in [0.29, 0.717) is 17.8 Å². The van der Waals surface area contributed by atoms with E-state index < -0.39 is 0 Å². The van der Waals surface area contributed by atoms with E-state index in [0.717, 1.165) is 27.7 Å². The third-order valence-corrected chi connectivity index (χ3v) is 7.41. The maximum Gasteiger partial charge on any atom is 0.270 e. The maximum absolute atomic E-state index is 13.8. The summed E-state index contributed by atoms with van der Waals surface area (Å²) < 4.78 is 0. The number of amides is 2. The molecule has 8 heteroatoms. The van der Waals surface area contributed by atoms with Gasteiger partial charge in [0, 0.05) is 43.8 Å². The zero-order valence-electron chi connectivity index (χ0n) is 20.0. The Kier molecular flexibility index (Phi) is 6.21. The molecule has 0 bridgehead atoms. The molecule has 0 saturated heterocycles. The summed E-state index contributed by atoms with van der Waals surface area (Å²) in [4.78, 5) is 41.8. The van der Waals surface area contributed by atoms with Gasteiger partial charge in [-0.25, -0.2) is 4.98 Å². The van der Waals surface area contributed by atoms with Crippen LogP contribution in [0.2, 0.25) is 0 Å². The van der Waals surface area contributed by atoms with Crippen LogP contribution in [0.3, 0.4) is 0 Å². The molecule has 7 nitrogen and oxygen atoms in total. The fourth-order valence-electron chi connectivity index (χ4n) is 4.82. The third-order valence-electron chi connectivity index (χ3n) is 6.38. The van der Waals surface area contributed by atoms with E-state index in [2.05, 4.69) is 9.98 Å². The highest BCUT2D eigenvalue weighted by Crippen LogP contribution is 2.43. The fourth-order valence-corrected chi connectivity index (χ4v) is 5.66. The molecule has 0 unspecified atom stereocenters. The molecule has 35 heavy (non-hydrogen) atoms. The lowest BCUT2D eigenvalue weighted by molar-refractivity contribution is -0.117. The number of aromatic nitrogens is 1. The summed E-state index contributed by atoms with van der Waals surface area (Å²) in [5.74, 6) is -0.108. The minimum Gasteiger partial charge on any atom is -0.373 e. The van der Waals surface area contributed by atoms with Crippen molar-refractivity contribution in [3.63, 3.8) is 0 Å². The van der Waals surface area contributed by atoms with Crippen LogP contribution in [-0.4, -0.2) is 47.0 Å². The molecule has 5 rings (SSSR count). The Bertz CT molecular complexity index is 1320. The predicted molar refractivity (Wildman–Crippen MR) is 140 cm³/mol. The molecule has 2 aliphatic rings. The van der Waals surface area contributed by atoms with Crippen molar-refractivity contribution in [1.82, 2.24) is 9.88 Å². The summed E-state index contributed by atoms with van der Waals surface area (Å²) in [5, 5.41) is 0.757. The maximum atomic E-state index is 13.8. The number of carbonyl (C=O) groups is 2. The number of nitrogens with zero attached hydrogens (tertiary/aromatic N) is 5. The van der Waals surface area contributed by atoms with Gasteiger partial charge >= 0.3 is 0 Å². The highest BCUT2D eigenvalue weighted by atomic mass is 32.1. The Morgan fingerprint density at radius 1 is 1.09 bits per heavy atom. The number of benzene rings is 2. The molecule has 3 aromatic rings. The molecule has 178 valence electrons. The summed E-state index contributed by atoms with van der Waals surface area (Å²) >= 11 is 1.37. The van der Waals surface area contributed by atoms with Crippen molar-refractivity contribution in [1.29, 1.82) is 0 Å². The molecule has 3 heterocycles. The Morgan fingerprint density at radius 3 is 2.57 bits per heavy atom. The first-order valence-corrected chi connectivity index (χ1v) is 12.4. The smallest absolute Gasteiger partial charge is 0.270 e. The molecule has 0 N–H and O–H groups in total. The molecule has 0 radical (unpaired) electrons. The second-order valence-electron chi connectivity index (χ2n) is 8.88. The standard InChI is InChI=1S/C27H27N5O2S/c1-18-15-24(32(19(2)33)20-9-5-4-6-10-20)21-11-7-8-12-23(21)31(18)27(34)25-16-29-26(35-25)22-17-30(3)14-13-28-22/h4-14,16,18,24H,15,17H2,1-3H3/t18-,24+/m0/s1. The normalized spacial score (nSPS) is 19.2. The van der Waals surface area contributed by atoms with Crippen molar-refractivity contribution >= 4 is 40.2 Å². The number of hydrogen-bond donors (Lipinski definition) is 0. The number of anilines is 2. The van der Waals surface area contributed by atoms with Gasteiger partial charge in [-0.15, -0.1) is 11.3 Å². The molecular formula is C27H27N5O2S. The minimum atomic E-state index is -0.166. The predicted octanol–water partition coefficient (Wildman–Crippen LogP) is 4.88. The van der Waals surface area contributed by atoms with Gasteiger partial charge in [-0.3, -0.25) is 14.6 Å². The Morgan fingerprint density at radius 2 is 1.83 bits per heavy atom. The molecule has 0 aliphatic carbocycles. The Hall–Kier alpha value is -3.78. The number of hydrogen-bond acceptors (Lipinski definition) is 6. The molecule has 2 aliphatic heterocycles. The van der Waals surface area contributed by atoms with Gasteiger partial charge in [0.2, 0.25) is 5.91 Å². The quantitative estimate of drug-likeness (QED) is 0.528. The van der Waals surface area contributed by atoms with Gasteiger partial charge in [0.05, 0.1) is 24.5 Å². The van der Waals surface area contributed by atoms with E-state index >= 15 is 0 Å². The average molecular weight is 486 g/mol. The molecule has 0 saturated carbocycles. The van der Waals surface area contributed by atoms with Gasteiger partial charge < -0.3 is 14.7 Å². The van der Waals surface area contributed by atoms with Crippen LogP contribution < -0.4 is 9.80 Å². The SMILES string of the molecule is CC(=O)N(c1ccccc1)[C@@H]1C[C@H](C)N(C(=O)c2cnc(C3=NC=CN(C)C3)s2)c2ccccc21. The molecule has 2 amide bonds. The van der Waals surface area contributed by atoms with E-state index in [1.807, 2.05) is 89.5 Å². The first-order chi connectivity index (χ1) is 16.9. The first kappa shape index (κ1) is 23.0. The van der Waals surface area contributed by atoms with Crippen LogP contribution in [0.25, 0.3) is 0 Å². The van der Waals surface area contributed by atoms with Crippen molar-refractivity contribution in [2.75, 3.05) is 23.4 Å². The van der Waals surface area contributed by atoms with Crippen molar-refractivity contribution in [3.05, 3.63) is 88.6 Å². The summed E-state index contributed by atoms with van der Waals surface area (Å²) in [7, 11) is 1.98. The highest BCUT2D eigenvalue weighted by molar-refractivity contribution is 7.15. The lowest BCUT2D eigenvalue weighted by atomic mass is 9.89. The average Bonchev–Trinajstić information content (AvgIpc) is 3.35. The monoisotopic (exact) mass is 485 g/mol. The van der Waals surface area contributed by atoms with Gasteiger partial charge in [-0.1, -0.05) is 36.4 Å². The zero-order chi connectivity index (χ0) is 24.5. The molecule has 1 aromatic heterocycles. The fraction of sp³-hybridized carbons (Fsp3) is 0.259. The van der Waals surface area contributed by atoms with Crippen LogP contribution in [0, 0.1) is 0 Å². The number of aliphatic imine (C=N–C) groups is 1. The molecule has 2 atom stereocenters. The molecule has 0 spiro atoms. The van der Waals surface area contributed by atoms with Crippen molar-refractivity contribution in [2.45, 2.75) is 32.4 Å². The first-order valence-electron chi connectivity index (χ1n) is 11.6. The number of carbonyl (C=O) groups excluding carboxylic acids is 2. The van der Waals surface area contributed by atoms with Gasteiger partial charge in [-0.05, 0) is 37.1 Å². The highest BCUT2D eigenvalue weighted by Gasteiger charge is 2.38. The van der Waals surface area contributed by atoms with E-state index in [4.69, 9.17) is 0 Å². The van der Waals surface area contributed by atoms with Crippen molar-refractivity contribution < 1.29 is 9.59 Å². The lowest BCUT2D eigenvalue weighted by Crippen LogP contribution is -2.47. The van der Waals surface area contributed by atoms with Gasteiger partial charge in [-0.2, -0.15) is 0 Å². The second-order valence-corrected chi connectivity index (χ2v) is 9.91. The van der Waals surface area contributed by atoms with E-state index in [-0.39, 0.29) is 23.9 Å². The molecular weight excluding hydrogens is 458 g/mol. The van der Waals surface area contributed by atoms with Crippen LogP contribution in [-0.2, 0) is 4.79 Å². The van der Waals surface area contributed by atoms with Gasteiger partial charge in [0.25, 0.3) is 5.91 Å². The van der Waals surface area contributed by atoms with E-state index in [9.17, 15) is 9.59 Å². The topological polar surface area (TPSA) is 69.1 Å². The van der Waals surface area contributed by atoms with E-state index in [1.54, 1.807) is 19.3 Å². The summed E-state index contributed by atoms with van der Waals surface area (Å²) in [6, 6.07) is 17.3.